The molecule has 0 aromatic carbocycles. The zero-order valence-corrected chi connectivity index (χ0v) is 12.3. The molecule has 0 atom stereocenters. The monoisotopic (exact) mass is 264 g/mol. The molecule has 8 nitrogen and oxygen atoms in total. The van der Waals surface area contributed by atoms with Gasteiger partial charge in [0.2, 0.25) is 5.95 Å². The highest BCUT2D eigenvalue weighted by atomic mass is 15.6. The first-order valence-electron chi connectivity index (χ1n) is 6.15. The fourth-order valence-corrected chi connectivity index (χ4v) is 1.84. The summed E-state index contributed by atoms with van der Waals surface area (Å²) >= 11 is 0. The summed E-state index contributed by atoms with van der Waals surface area (Å²) in [5.41, 5.74) is -0.143. The molecule has 0 saturated carbocycles. The SMILES string of the molecule is Cc1nnc(N(C)Cc2nnnn2C(C)(C)C)n1C. The van der Waals surface area contributed by atoms with Crippen molar-refractivity contribution in [2.45, 2.75) is 39.8 Å². The number of nitrogens with zero attached hydrogens (tertiary/aromatic N) is 8. The number of anilines is 1. The van der Waals surface area contributed by atoms with Gasteiger partial charge in [-0.25, -0.2) is 4.68 Å². The van der Waals surface area contributed by atoms with Crippen LogP contribution >= 0.6 is 0 Å². The quantitative estimate of drug-likeness (QED) is 0.803. The van der Waals surface area contributed by atoms with E-state index in [1.807, 2.05) is 35.2 Å². The van der Waals surface area contributed by atoms with Crippen LogP contribution in [0.4, 0.5) is 5.95 Å². The molecule has 2 aromatic rings. The molecule has 0 radical (unpaired) electrons. The zero-order chi connectivity index (χ0) is 14.2. The van der Waals surface area contributed by atoms with E-state index in [1.165, 1.54) is 0 Å². The second-order valence-corrected chi connectivity index (χ2v) is 5.64. The molecule has 0 aliphatic heterocycles. The highest BCUT2D eigenvalue weighted by Gasteiger charge is 2.21. The van der Waals surface area contributed by atoms with E-state index in [0.717, 1.165) is 17.6 Å². The molecule has 2 aromatic heterocycles. The summed E-state index contributed by atoms with van der Waals surface area (Å²) < 4.78 is 3.76. The minimum absolute atomic E-state index is 0.143. The molecule has 8 heteroatoms. The lowest BCUT2D eigenvalue weighted by atomic mass is 10.1. The maximum atomic E-state index is 4.15. The molecular formula is C11H20N8. The summed E-state index contributed by atoms with van der Waals surface area (Å²) in [6.07, 6.45) is 0. The standard InChI is InChI=1S/C11H20N8/c1-8-12-14-10(18(8)6)17(5)7-9-13-15-16-19(9)11(2,3)4/h7H2,1-6H3. The molecule has 104 valence electrons. The van der Waals surface area contributed by atoms with Crippen LogP contribution < -0.4 is 4.90 Å². The van der Waals surface area contributed by atoms with Gasteiger partial charge in [0, 0.05) is 14.1 Å². The minimum Gasteiger partial charge on any atom is -0.336 e. The summed E-state index contributed by atoms with van der Waals surface area (Å²) in [6.45, 7) is 8.71. The molecule has 0 fully saturated rings. The zero-order valence-electron chi connectivity index (χ0n) is 12.3. The van der Waals surface area contributed by atoms with Crippen LogP contribution in [-0.4, -0.2) is 42.0 Å². The fourth-order valence-electron chi connectivity index (χ4n) is 1.84. The number of rotatable bonds is 3. The number of hydrogen-bond acceptors (Lipinski definition) is 6. The van der Waals surface area contributed by atoms with Crippen LogP contribution in [0.15, 0.2) is 0 Å². The van der Waals surface area contributed by atoms with E-state index in [9.17, 15) is 0 Å². The molecule has 0 N–H and O–H groups in total. The predicted molar refractivity (Wildman–Crippen MR) is 70.7 cm³/mol. The Morgan fingerprint density at radius 1 is 1.16 bits per heavy atom. The van der Waals surface area contributed by atoms with Crippen molar-refractivity contribution in [3.05, 3.63) is 11.6 Å². The lowest BCUT2D eigenvalue weighted by molar-refractivity contribution is 0.334. The first-order valence-corrected chi connectivity index (χ1v) is 6.15. The highest BCUT2D eigenvalue weighted by Crippen LogP contribution is 2.16. The van der Waals surface area contributed by atoms with Gasteiger partial charge in [-0.1, -0.05) is 0 Å². The van der Waals surface area contributed by atoms with E-state index < -0.39 is 0 Å². The Balaban J connectivity index is 2.23. The Morgan fingerprint density at radius 2 is 1.84 bits per heavy atom. The van der Waals surface area contributed by atoms with Crippen molar-refractivity contribution in [1.29, 1.82) is 0 Å². The Morgan fingerprint density at radius 3 is 2.37 bits per heavy atom. The fraction of sp³-hybridized carbons (Fsp3) is 0.727. The van der Waals surface area contributed by atoms with Gasteiger partial charge in [-0.2, -0.15) is 0 Å². The Bertz CT molecular complexity index is 562. The third-order valence-electron chi connectivity index (χ3n) is 2.96. The van der Waals surface area contributed by atoms with E-state index in [0.29, 0.717) is 6.54 Å². The second kappa shape index (κ2) is 4.60. The van der Waals surface area contributed by atoms with Crippen molar-refractivity contribution in [3.8, 4) is 0 Å². The lowest BCUT2D eigenvalue weighted by Gasteiger charge is -2.22. The molecule has 0 bridgehead atoms. The first kappa shape index (κ1) is 13.4. The molecular weight excluding hydrogens is 244 g/mol. The van der Waals surface area contributed by atoms with Crippen LogP contribution in [0.3, 0.4) is 0 Å². The third kappa shape index (κ3) is 2.56. The van der Waals surface area contributed by atoms with Crippen molar-refractivity contribution < 1.29 is 0 Å². The highest BCUT2D eigenvalue weighted by molar-refractivity contribution is 5.29. The maximum absolute atomic E-state index is 4.15. The molecule has 19 heavy (non-hydrogen) atoms. The molecule has 0 saturated heterocycles. The van der Waals surface area contributed by atoms with Gasteiger partial charge in [-0.15, -0.1) is 15.3 Å². The van der Waals surface area contributed by atoms with Gasteiger partial charge in [-0.05, 0) is 38.1 Å². The Labute approximate surface area is 112 Å². The summed E-state index contributed by atoms with van der Waals surface area (Å²) in [5.74, 6) is 2.47. The van der Waals surface area contributed by atoms with Gasteiger partial charge in [0.15, 0.2) is 5.82 Å². The topological polar surface area (TPSA) is 77.6 Å². The molecule has 2 heterocycles. The van der Waals surface area contributed by atoms with Crippen LogP contribution in [0.2, 0.25) is 0 Å². The largest absolute Gasteiger partial charge is 0.336 e. The summed E-state index contributed by atoms with van der Waals surface area (Å²) in [5, 5.41) is 20.1. The van der Waals surface area contributed by atoms with Gasteiger partial charge < -0.3 is 9.47 Å². The summed E-state index contributed by atoms with van der Waals surface area (Å²) in [4.78, 5) is 1.98. The Hall–Kier alpha value is -1.99. The number of aryl methyl sites for hydroxylation is 1. The van der Waals surface area contributed by atoms with Gasteiger partial charge in [0.1, 0.15) is 5.82 Å². The van der Waals surface area contributed by atoms with Crippen LogP contribution in [0, 0.1) is 6.92 Å². The van der Waals surface area contributed by atoms with Crippen molar-refractivity contribution >= 4 is 5.95 Å². The predicted octanol–water partition coefficient (Wildman–Crippen LogP) is 0.501. The van der Waals surface area contributed by atoms with Crippen LogP contribution in [-0.2, 0) is 19.1 Å². The summed E-state index contributed by atoms with van der Waals surface area (Å²) in [7, 11) is 3.89. The number of tetrazole rings is 1. The molecule has 2 rings (SSSR count). The Kier molecular flexibility index (Phi) is 3.25. The molecule has 0 amide bonds. The average Bonchev–Trinajstić information content (AvgIpc) is 2.87. The van der Waals surface area contributed by atoms with Crippen LogP contribution in [0.1, 0.15) is 32.4 Å². The summed E-state index contributed by atoms with van der Waals surface area (Å²) in [6, 6.07) is 0. The molecule has 0 spiro atoms. The number of hydrogen-bond donors (Lipinski definition) is 0. The van der Waals surface area contributed by atoms with Crippen LogP contribution in [0.25, 0.3) is 0 Å². The van der Waals surface area contributed by atoms with Gasteiger partial charge in [0.05, 0.1) is 12.1 Å². The van der Waals surface area contributed by atoms with E-state index in [4.69, 9.17) is 0 Å². The maximum Gasteiger partial charge on any atom is 0.227 e. The second-order valence-electron chi connectivity index (χ2n) is 5.64. The van der Waals surface area contributed by atoms with Crippen molar-refractivity contribution in [2.75, 3.05) is 11.9 Å². The van der Waals surface area contributed by atoms with E-state index in [2.05, 4.69) is 46.5 Å². The van der Waals surface area contributed by atoms with Gasteiger partial charge in [0.25, 0.3) is 0 Å². The normalized spacial score (nSPS) is 11.9. The van der Waals surface area contributed by atoms with Crippen molar-refractivity contribution in [2.24, 2.45) is 7.05 Å². The number of aromatic nitrogens is 7. The average molecular weight is 264 g/mol. The molecule has 0 aliphatic carbocycles. The minimum atomic E-state index is -0.143. The lowest BCUT2D eigenvalue weighted by Crippen LogP contribution is -2.29. The molecule has 0 unspecified atom stereocenters. The molecule has 0 aliphatic rings. The van der Waals surface area contributed by atoms with E-state index >= 15 is 0 Å². The van der Waals surface area contributed by atoms with Gasteiger partial charge >= 0.3 is 0 Å². The van der Waals surface area contributed by atoms with Crippen molar-refractivity contribution in [1.82, 2.24) is 35.0 Å². The van der Waals surface area contributed by atoms with E-state index in [-0.39, 0.29) is 5.54 Å². The first-order chi connectivity index (χ1) is 8.80. The third-order valence-corrected chi connectivity index (χ3v) is 2.96. The smallest absolute Gasteiger partial charge is 0.227 e. The van der Waals surface area contributed by atoms with Gasteiger partial charge in [-0.3, -0.25) is 0 Å². The van der Waals surface area contributed by atoms with Crippen LogP contribution in [0.5, 0.6) is 0 Å². The van der Waals surface area contributed by atoms with E-state index in [1.54, 1.807) is 0 Å². The van der Waals surface area contributed by atoms with Crippen molar-refractivity contribution in [3.63, 3.8) is 0 Å².